The van der Waals surface area contributed by atoms with Crippen LogP contribution < -0.4 is 5.73 Å². The van der Waals surface area contributed by atoms with Gasteiger partial charge in [0, 0.05) is 5.92 Å². The Balaban J connectivity index is 1.71. The van der Waals surface area contributed by atoms with Crippen LogP contribution in [0.4, 0.5) is 0 Å². The quantitative estimate of drug-likeness (QED) is 0.206. The van der Waals surface area contributed by atoms with Crippen LogP contribution in [0.3, 0.4) is 0 Å². The van der Waals surface area contributed by atoms with Crippen molar-refractivity contribution in [3.63, 3.8) is 0 Å². The molecule has 0 saturated heterocycles. The van der Waals surface area contributed by atoms with E-state index in [-0.39, 0.29) is 17.4 Å². The first-order chi connectivity index (χ1) is 17.7. The second-order valence-electron chi connectivity index (χ2n) is 9.42. The van der Waals surface area contributed by atoms with E-state index in [1.165, 1.54) is 12.1 Å². The Bertz CT molecular complexity index is 1350. The van der Waals surface area contributed by atoms with E-state index >= 15 is 0 Å². The van der Waals surface area contributed by atoms with Gasteiger partial charge in [-0.25, -0.2) is 4.18 Å². The Hall–Kier alpha value is -3.29. The van der Waals surface area contributed by atoms with Gasteiger partial charge in [-0.05, 0) is 49.6 Å². The summed E-state index contributed by atoms with van der Waals surface area (Å²) in [5.41, 5.74) is 12.8. The minimum absolute atomic E-state index is 0.0567. The molecule has 0 aliphatic rings. The first-order valence-corrected chi connectivity index (χ1v) is 13.7. The maximum atomic E-state index is 13.3. The summed E-state index contributed by atoms with van der Waals surface area (Å²) >= 11 is 0. The topological polar surface area (TPSA) is 78.6 Å². The van der Waals surface area contributed by atoms with Crippen molar-refractivity contribution in [1.82, 2.24) is 0 Å². The van der Waals surface area contributed by atoms with Crippen molar-refractivity contribution in [2.45, 2.75) is 50.5 Å². The molecule has 4 rings (SSSR count). The molecular weight excluding hydrogens is 482 g/mol. The fourth-order valence-electron chi connectivity index (χ4n) is 4.53. The predicted octanol–water partition coefficient (Wildman–Crippen LogP) is 6.02. The summed E-state index contributed by atoms with van der Waals surface area (Å²) in [5, 5.41) is 0. The zero-order valence-corrected chi connectivity index (χ0v) is 22.2. The monoisotopic (exact) mass is 515 g/mol. The van der Waals surface area contributed by atoms with Gasteiger partial charge in [-0.15, -0.1) is 0 Å². The zero-order chi connectivity index (χ0) is 26.4. The Morgan fingerprint density at radius 2 is 1.22 bits per heavy atom. The van der Waals surface area contributed by atoms with Crippen LogP contribution in [-0.4, -0.2) is 20.7 Å². The molecule has 2 atom stereocenters. The molecular formula is C31H33NO4S. The number of benzene rings is 4. The summed E-state index contributed by atoms with van der Waals surface area (Å²) in [6.07, 6.45) is -1.24. The zero-order valence-electron chi connectivity index (χ0n) is 21.4. The summed E-state index contributed by atoms with van der Waals surface area (Å²) < 4.78 is 38.6. The highest BCUT2D eigenvalue weighted by atomic mass is 32.2. The van der Waals surface area contributed by atoms with E-state index in [9.17, 15) is 8.42 Å². The first-order valence-electron chi connectivity index (χ1n) is 12.3. The molecule has 4 aromatic rings. The number of nitrogens with two attached hydrogens (primary N) is 1. The molecule has 6 heteroatoms. The molecule has 0 fully saturated rings. The summed E-state index contributed by atoms with van der Waals surface area (Å²) in [7, 11) is -4.14. The van der Waals surface area contributed by atoms with E-state index in [4.69, 9.17) is 14.7 Å². The molecule has 0 saturated carbocycles. The number of hydrogen-bond acceptors (Lipinski definition) is 5. The van der Waals surface area contributed by atoms with Crippen LogP contribution >= 0.6 is 0 Å². The molecule has 37 heavy (non-hydrogen) atoms. The molecule has 0 aliphatic heterocycles. The van der Waals surface area contributed by atoms with Gasteiger partial charge in [0.1, 0.15) is 0 Å². The van der Waals surface area contributed by atoms with E-state index in [2.05, 4.69) is 6.07 Å². The third-order valence-corrected chi connectivity index (χ3v) is 7.54. The van der Waals surface area contributed by atoms with Gasteiger partial charge in [0.05, 0.1) is 17.5 Å². The van der Waals surface area contributed by atoms with E-state index in [1.807, 2.05) is 93.6 Å². The van der Waals surface area contributed by atoms with Gasteiger partial charge in [0.15, 0.2) is 6.29 Å². The van der Waals surface area contributed by atoms with Crippen LogP contribution in [0.25, 0.3) is 0 Å². The van der Waals surface area contributed by atoms with E-state index < -0.39 is 22.4 Å². The van der Waals surface area contributed by atoms with Crippen LogP contribution in [0.1, 0.15) is 39.3 Å². The number of ether oxygens (including phenoxy) is 1. The third kappa shape index (κ3) is 6.93. The van der Waals surface area contributed by atoms with Crippen molar-refractivity contribution in [1.29, 1.82) is 0 Å². The van der Waals surface area contributed by atoms with Crippen molar-refractivity contribution in [2.75, 3.05) is 0 Å². The average molecular weight is 516 g/mol. The molecule has 0 aliphatic carbocycles. The maximum Gasteiger partial charge on any atom is 0.299 e. The summed E-state index contributed by atoms with van der Waals surface area (Å²) in [5.74, 6) is -0.361. The van der Waals surface area contributed by atoms with Crippen molar-refractivity contribution in [3.8, 4) is 0 Å². The molecule has 0 heterocycles. The standard InChI is InChI=1S/C31H33NO4S/c1-22-14-16-28(17-15-22)37(33,34)36-31(35-21-25-19-23(2)18-24(3)20-25)30(32)29(26-10-6-4-7-11-26)27-12-8-5-9-13-27/h4-20,29-31H,21,32H2,1-3H3. The molecule has 0 radical (unpaired) electrons. The second-order valence-corrected chi connectivity index (χ2v) is 11.0. The van der Waals surface area contributed by atoms with Crippen molar-refractivity contribution in [3.05, 3.63) is 137 Å². The normalized spacial score (nSPS) is 13.4. The van der Waals surface area contributed by atoms with Crippen LogP contribution in [0.5, 0.6) is 0 Å². The predicted molar refractivity (Wildman–Crippen MR) is 147 cm³/mol. The Morgan fingerprint density at radius 3 is 1.73 bits per heavy atom. The van der Waals surface area contributed by atoms with Gasteiger partial charge in [0.2, 0.25) is 0 Å². The molecule has 0 aromatic heterocycles. The largest absolute Gasteiger partial charge is 0.345 e. The molecule has 2 N–H and O–H groups in total. The van der Waals surface area contributed by atoms with E-state index in [1.54, 1.807) is 12.1 Å². The smallest absolute Gasteiger partial charge is 0.299 e. The molecule has 0 spiro atoms. The second kappa shape index (κ2) is 11.8. The van der Waals surface area contributed by atoms with Gasteiger partial charge in [-0.3, -0.25) is 0 Å². The number of hydrogen-bond donors (Lipinski definition) is 1. The van der Waals surface area contributed by atoms with Crippen LogP contribution in [-0.2, 0) is 25.6 Å². The highest BCUT2D eigenvalue weighted by Crippen LogP contribution is 2.31. The molecule has 4 aromatic carbocycles. The molecule has 2 unspecified atom stereocenters. The van der Waals surface area contributed by atoms with Crippen LogP contribution in [0.2, 0.25) is 0 Å². The lowest BCUT2D eigenvalue weighted by Gasteiger charge is -2.31. The lowest BCUT2D eigenvalue weighted by atomic mass is 9.85. The van der Waals surface area contributed by atoms with Crippen LogP contribution in [0.15, 0.2) is 108 Å². The molecule has 0 bridgehead atoms. The Kier molecular flexibility index (Phi) is 8.56. The summed E-state index contributed by atoms with van der Waals surface area (Å²) in [6, 6.07) is 31.3. The minimum atomic E-state index is -4.14. The van der Waals surface area contributed by atoms with Gasteiger partial charge in [-0.1, -0.05) is 108 Å². The van der Waals surface area contributed by atoms with E-state index in [0.29, 0.717) is 0 Å². The van der Waals surface area contributed by atoms with E-state index in [0.717, 1.165) is 33.4 Å². The minimum Gasteiger partial charge on any atom is -0.345 e. The van der Waals surface area contributed by atoms with Gasteiger partial charge >= 0.3 is 0 Å². The molecule has 5 nitrogen and oxygen atoms in total. The maximum absolute atomic E-state index is 13.3. The van der Waals surface area contributed by atoms with Gasteiger partial charge < -0.3 is 10.5 Å². The average Bonchev–Trinajstić information content (AvgIpc) is 2.87. The lowest BCUT2D eigenvalue weighted by Crippen LogP contribution is -2.44. The SMILES string of the molecule is Cc1ccc(S(=O)(=O)OC(OCc2cc(C)cc(C)c2)C(N)C(c2ccccc2)c2ccccc2)cc1. The van der Waals surface area contributed by atoms with Crippen LogP contribution in [0, 0.1) is 20.8 Å². The fourth-order valence-corrected chi connectivity index (χ4v) is 5.55. The fraction of sp³-hybridized carbons (Fsp3) is 0.226. The number of rotatable bonds is 10. The number of aryl methyl sites for hydroxylation is 3. The van der Waals surface area contributed by atoms with Gasteiger partial charge in [-0.2, -0.15) is 8.42 Å². The van der Waals surface area contributed by atoms with Crippen molar-refractivity contribution >= 4 is 10.1 Å². The highest BCUT2D eigenvalue weighted by molar-refractivity contribution is 7.86. The lowest BCUT2D eigenvalue weighted by molar-refractivity contribution is -0.102. The summed E-state index contributed by atoms with van der Waals surface area (Å²) in [4.78, 5) is 0.0567. The Morgan fingerprint density at radius 1 is 0.703 bits per heavy atom. The summed E-state index contributed by atoms with van der Waals surface area (Å²) in [6.45, 7) is 6.08. The molecule has 192 valence electrons. The Labute approximate surface area is 220 Å². The first kappa shape index (κ1) is 26.8. The third-order valence-electron chi connectivity index (χ3n) is 6.24. The van der Waals surface area contributed by atoms with Gasteiger partial charge in [0.25, 0.3) is 10.1 Å². The highest BCUT2D eigenvalue weighted by Gasteiger charge is 2.34. The van der Waals surface area contributed by atoms with Crippen molar-refractivity contribution in [2.24, 2.45) is 5.73 Å². The molecule has 0 amide bonds. The van der Waals surface area contributed by atoms with Crippen molar-refractivity contribution < 1.29 is 17.3 Å².